The van der Waals surface area contributed by atoms with Gasteiger partial charge in [0.05, 0.1) is 38.0 Å². The molecule has 0 aliphatic carbocycles. The number of urea groups is 1. The molecule has 3 aromatic rings. The number of ether oxygens (including phenoxy) is 2. The molecule has 3 aliphatic heterocycles. The Morgan fingerprint density at radius 3 is 2.00 bits per heavy atom. The Kier molecular flexibility index (Phi) is 13.8. The molecule has 2 fully saturated rings. The number of piperazine rings is 1. The van der Waals surface area contributed by atoms with Gasteiger partial charge in [0.1, 0.15) is 17.6 Å². The van der Waals surface area contributed by atoms with Crippen LogP contribution in [0, 0.1) is 0 Å². The molecular formula is C39H50Cl3N5O4. The zero-order valence-corrected chi connectivity index (χ0v) is 31.4. The molecule has 3 aliphatic rings. The van der Waals surface area contributed by atoms with E-state index in [1.807, 2.05) is 76.2 Å². The van der Waals surface area contributed by atoms with Crippen molar-refractivity contribution in [2.45, 2.75) is 52.6 Å². The Labute approximate surface area is 318 Å². The van der Waals surface area contributed by atoms with E-state index in [-0.39, 0.29) is 37.2 Å². The van der Waals surface area contributed by atoms with Gasteiger partial charge in [-0.25, -0.2) is 4.79 Å². The van der Waals surface area contributed by atoms with E-state index < -0.39 is 12.1 Å². The van der Waals surface area contributed by atoms with Crippen molar-refractivity contribution in [3.8, 4) is 5.75 Å². The molecule has 276 valence electrons. The van der Waals surface area contributed by atoms with Crippen LogP contribution in [0.25, 0.3) is 0 Å². The summed E-state index contributed by atoms with van der Waals surface area (Å²) in [5.41, 5.74) is 3.59. The molecular weight excluding hydrogens is 709 g/mol. The van der Waals surface area contributed by atoms with Crippen molar-refractivity contribution in [1.82, 2.24) is 19.6 Å². The SMILES string of the molecule is C.CCOc1ccc(C(C)(C)C)cc1C1=N[C@@H](c2ccc(Cl)cc2)[C@@H](c2ccc(Cl)cc2)N1C(=O)N1CCN(CC(=O)N2CCOCC2)CC1.Cl. The first-order chi connectivity index (χ1) is 23.5. The zero-order valence-electron chi connectivity index (χ0n) is 29.1. The molecule has 2 atom stereocenters. The maximum absolute atomic E-state index is 15.0. The van der Waals surface area contributed by atoms with Gasteiger partial charge in [-0.2, -0.15) is 0 Å². The fraction of sp³-hybridized carbons (Fsp3) is 0.462. The van der Waals surface area contributed by atoms with E-state index in [4.69, 9.17) is 37.7 Å². The van der Waals surface area contributed by atoms with Crippen LogP contribution in [-0.4, -0.2) is 103 Å². The second-order valence-corrected chi connectivity index (χ2v) is 14.6. The largest absolute Gasteiger partial charge is 0.493 e. The van der Waals surface area contributed by atoms with Gasteiger partial charge in [-0.1, -0.05) is 81.7 Å². The first-order valence-electron chi connectivity index (χ1n) is 17.1. The van der Waals surface area contributed by atoms with Gasteiger partial charge < -0.3 is 19.3 Å². The third-order valence-electron chi connectivity index (χ3n) is 9.45. The maximum Gasteiger partial charge on any atom is 0.326 e. The van der Waals surface area contributed by atoms with Gasteiger partial charge >= 0.3 is 6.03 Å². The third kappa shape index (κ3) is 9.18. The van der Waals surface area contributed by atoms with E-state index in [0.29, 0.717) is 87.3 Å². The average molecular weight is 759 g/mol. The van der Waals surface area contributed by atoms with Crippen LogP contribution in [0.3, 0.4) is 0 Å². The number of hydrogen-bond acceptors (Lipinski definition) is 6. The normalized spacial score (nSPS) is 19.6. The summed E-state index contributed by atoms with van der Waals surface area (Å²) < 4.78 is 11.6. The topological polar surface area (TPSA) is 77.9 Å². The fourth-order valence-corrected chi connectivity index (χ4v) is 6.91. The Hall–Kier alpha value is -3.34. The number of amides is 3. The molecule has 0 saturated carbocycles. The highest BCUT2D eigenvalue weighted by Crippen LogP contribution is 2.46. The van der Waals surface area contributed by atoms with E-state index >= 15 is 0 Å². The first-order valence-corrected chi connectivity index (χ1v) is 17.8. The number of amidine groups is 1. The zero-order chi connectivity index (χ0) is 34.7. The van der Waals surface area contributed by atoms with Crippen molar-refractivity contribution < 1.29 is 19.1 Å². The first kappa shape index (κ1) is 40.4. The number of rotatable bonds is 7. The number of nitrogens with zero attached hydrogens (tertiary/aromatic N) is 5. The fourth-order valence-electron chi connectivity index (χ4n) is 6.66. The summed E-state index contributed by atoms with van der Waals surface area (Å²) in [6.45, 7) is 13.8. The van der Waals surface area contributed by atoms with Crippen LogP contribution in [0.2, 0.25) is 10.0 Å². The van der Waals surface area contributed by atoms with Gasteiger partial charge in [0.25, 0.3) is 0 Å². The molecule has 0 aromatic heterocycles. The molecule has 0 unspecified atom stereocenters. The monoisotopic (exact) mass is 757 g/mol. The van der Waals surface area contributed by atoms with E-state index in [9.17, 15) is 9.59 Å². The lowest BCUT2D eigenvalue weighted by Gasteiger charge is -2.39. The molecule has 51 heavy (non-hydrogen) atoms. The van der Waals surface area contributed by atoms with Crippen LogP contribution in [0.15, 0.2) is 71.7 Å². The predicted octanol–water partition coefficient (Wildman–Crippen LogP) is 7.89. The summed E-state index contributed by atoms with van der Waals surface area (Å²) in [4.78, 5) is 41.1. The molecule has 0 bridgehead atoms. The lowest BCUT2D eigenvalue weighted by molar-refractivity contribution is -0.136. The summed E-state index contributed by atoms with van der Waals surface area (Å²) in [7, 11) is 0. The van der Waals surface area contributed by atoms with E-state index in [0.717, 1.165) is 22.3 Å². The number of hydrogen-bond donors (Lipinski definition) is 0. The molecule has 0 spiro atoms. The maximum atomic E-state index is 15.0. The second-order valence-electron chi connectivity index (χ2n) is 13.7. The molecule has 12 heteroatoms. The molecule has 6 rings (SSSR count). The Morgan fingerprint density at radius 1 is 0.843 bits per heavy atom. The number of halogens is 3. The summed E-state index contributed by atoms with van der Waals surface area (Å²) in [6.07, 6.45) is 0. The second kappa shape index (κ2) is 17.5. The summed E-state index contributed by atoms with van der Waals surface area (Å²) in [5, 5.41) is 1.24. The van der Waals surface area contributed by atoms with Gasteiger partial charge in [-0.05, 0) is 65.4 Å². The van der Waals surface area contributed by atoms with Crippen LogP contribution in [0.4, 0.5) is 4.79 Å². The molecule has 0 N–H and O–H groups in total. The molecule has 2 saturated heterocycles. The van der Waals surface area contributed by atoms with E-state index in [1.165, 1.54) is 0 Å². The van der Waals surface area contributed by atoms with E-state index in [1.54, 1.807) is 0 Å². The van der Waals surface area contributed by atoms with Gasteiger partial charge in [-0.3, -0.25) is 19.6 Å². The molecule has 3 amide bonds. The third-order valence-corrected chi connectivity index (χ3v) is 9.95. The summed E-state index contributed by atoms with van der Waals surface area (Å²) >= 11 is 12.7. The molecule has 3 aromatic carbocycles. The van der Waals surface area contributed by atoms with Gasteiger partial charge in [0.2, 0.25) is 5.91 Å². The molecule has 0 radical (unpaired) electrons. The quantitative estimate of drug-likeness (QED) is 0.245. The van der Waals surface area contributed by atoms with Crippen molar-refractivity contribution in [1.29, 1.82) is 0 Å². The number of benzene rings is 3. The molecule has 3 heterocycles. The highest BCUT2D eigenvalue weighted by Gasteiger charge is 2.45. The van der Waals surface area contributed by atoms with Crippen molar-refractivity contribution in [2.24, 2.45) is 4.99 Å². The van der Waals surface area contributed by atoms with Gasteiger partial charge in [0.15, 0.2) is 0 Å². The average Bonchev–Trinajstić information content (AvgIpc) is 3.49. The number of aliphatic imine (C=N–C) groups is 1. The Balaban J connectivity index is 0.00000292. The molecule has 9 nitrogen and oxygen atoms in total. The smallest absolute Gasteiger partial charge is 0.326 e. The highest BCUT2D eigenvalue weighted by molar-refractivity contribution is 6.30. The summed E-state index contributed by atoms with van der Waals surface area (Å²) in [6, 6.07) is 20.5. The van der Waals surface area contributed by atoms with Crippen LogP contribution < -0.4 is 4.74 Å². The number of morpholine rings is 1. The summed E-state index contributed by atoms with van der Waals surface area (Å²) in [5.74, 6) is 1.34. The van der Waals surface area contributed by atoms with Crippen LogP contribution in [0.5, 0.6) is 5.75 Å². The Bertz CT molecular complexity index is 1670. The van der Waals surface area contributed by atoms with Crippen molar-refractivity contribution in [3.05, 3.63) is 99.0 Å². The van der Waals surface area contributed by atoms with Gasteiger partial charge in [0, 0.05) is 49.3 Å². The van der Waals surface area contributed by atoms with Crippen molar-refractivity contribution in [2.75, 3.05) is 65.6 Å². The number of carbonyl (C=O) groups is 2. The Morgan fingerprint density at radius 2 is 1.43 bits per heavy atom. The highest BCUT2D eigenvalue weighted by atomic mass is 35.5. The predicted molar refractivity (Wildman–Crippen MR) is 208 cm³/mol. The lowest BCUT2D eigenvalue weighted by atomic mass is 9.86. The minimum absolute atomic E-state index is 0. The standard InChI is InChI=1S/C38H45Cl2N5O4.CH4.ClH/c1-5-49-32-15-10-28(38(2,3)4)24-31(32)36-41-34(26-6-11-29(39)12-7-26)35(27-8-13-30(40)14-9-27)45(36)37(47)44-18-16-42(17-19-44)25-33(46)43-20-22-48-23-21-43;;/h6-15,24,34-35H,5,16-23,25H2,1-4H3;1H4;1H/t34-,35+;;/m0../s1. The van der Waals surface area contributed by atoms with Crippen LogP contribution >= 0.6 is 35.6 Å². The van der Waals surface area contributed by atoms with Crippen LogP contribution in [-0.2, 0) is 14.9 Å². The van der Waals surface area contributed by atoms with Crippen molar-refractivity contribution >= 4 is 53.4 Å². The van der Waals surface area contributed by atoms with E-state index in [2.05, 4.69) is 37.8 Å². The minimum atomic E-state index is -0.463. The lowest BCUT2D eigenvalue weighted by Crippen LogP contribution is -2.56. The van der Waals surface area contributed by atoms with Crippen LogP contribution in [0.1, 0.15) is 69.5 Å². The minimum Gasteiger partial charge on any atom is -0.493 e. The van der Waals surface area contributed by atoms with Gasteiger partial charge in [-0.15, -0.1) is 12.4 Å². The van der Waals surface area contributed by atoms with Crippen molar-refractivity contribution in [3.63, 3.8) is 0 Å². The number of carbonyl (C=O) groups excluding carboxylic acids is 2.